The monoisotopic (exact) mass is 231 g/mol. The van der Waals surface area contributed by atoms with E-state index < -0.39 is 0 Å². The van der Waals surface area contributed by atoms with Crippen LogP contribution in [0.1, 0.15) is 23.9 Å². The van der Waals surface area contributed by atoms with E-state index in [9.17, 15) is 0 Å². The second-order valence-corrected chi connectivity index (χ2v) is 3.96. The maximum absolute atomic E-state index is 5.30. The van der Waals surface area contributed by atoms with E-state index in [2.05, 4.69) is 22.2 Å². The molecule has 2 heterocycles. The molecule has 2 aromatic rings. The lowest BCUT2D eigenvalue weighted by Gasteiger charge is -2.10. The van der Waals surface area contributed by atoms with Crippen molar-refractivity contribution in [2.45, 2.75) is 27.2 Å². The van der Waals surface area contributed by atoms with E-state index in [1.807, 2.05) is 27.0 Å². The van der Waals surface area contributed by atoms with Gasteiger partial charge in [-0.3, -0.25) is 0 Å². The van der Waals surface area contributed by atoms with Crippen LogP contribution in [0.25, 0.3) is 11.4 Å². The summed E-state index contributed by atoms with van der Waals surface area (Å²) in [6.45, 7) is 6.06. The Kier molecular flexibility index (Phi) is 3.13. The van der Waals surface area contributed by atoms with Gasteiger partial charge in [0.15, 0.2) is 5.82 Å². The van der Waals surface area contributed by atoms with Gasteiger partial charge >= 0.3 is 0 Å². The lowest BCUT2D eigenvalue weighted by Crippen LogP contribution is -2.04. The highest BCUT2D eigenvalue weighted by Crippen LogP contribution is 2.25. The minimum atomic E-state index is 0.725. The number of nitrogens with zero attached hydrogens (tertiary/aromatic N) is 2. The normalized spacial score (nSPS) is 10.6. The van der Waals surface area contributed by atoms with Crippen LogP contribution < -0.4 is 5.32 Å². The Morgan fingerprint density at radius 3 is 2.59 bits per heavy atom. The van der Waals surface area contributed by atoms with Crippen LogP contribution in [0.15, 0.2) is 16.7 Å². The number of aryl methyl sites for hydroxylation is 2. The first-order valence-electron chi connectivity index (χ1n) is 5.77. The third kappa shape index (κ3) is 2.02. The fourth-order valence-electron chi connectivity index (χ4n) is 1.89. The Hall–Kier alpha value is -1.84. The van der Waals surface area contributed by atoms with Crippen molar-refractivity contribution >= 4 is 5.82 Å². The van der Waals surface area contributed by atoms with Gasteiger partial charge in [-0.1, -0.05) is 6.92 Å². The molecule has 0 aromatic carbocycles. The molecule has 0 aliphatic rings. The van der Waals surface area contributed by atoms with Gasteiger partial charge in [0.2, 0.25) is 0 Å². The Bertz CT molecular complexity index is 506. The quantitative estimate of drug-likeness (QED) is 0.882. The molecule has 0 saturated heterocycles. The third-order valence-corrected chi connectivity index (χ3v) is 2.92. The molecule has 0 saturated carbocycles. The van der Waals surface area contributed by atoms with Crippen molar-refractivity contribution in [1.82, 2.24) is 9.97 Å². The van der Waals surface area contributed by atoms with Crippen LogP contribution in [0, 0.1) is 13.8 Å². The molecule has 4 heteroatoms. The average molecular weight is 231 g/mol. The Morgan fingerprint density at radius 2 is 2.06 bits per heavy atom. The molecule has 0 unspecified atom stereocenters. The predicted octanol–water partition coefficient (Wildman–Crippen LogP) is 2.96. The van der Waals surface area contributed by atoms with Crippen molar-refractivity contribution in [3.63, 3.8) is 0 Å². The molecule has 0 spiro atoms. The summed E-state index contributed by atoms with van der Waals surface area (Å²) in [4.78, 5) is 9.11. The molecule has 2 aromatic heterocycles. The van der Waals surface area contributed by atoms with E-state index >= 15 is 0 Å². The molecular weight excluding hydrogens is 214 g/mol. The first kappa shape index (κ1) is 11.6. The molecule has 0 amide bonds. The average Bonchev–Trinajstić information content (AvgIpc) is 2.76. The smallest absolute Gasteiger partial charge is 0.165 e. The molecule has 0 radical (unpaired) electrons. The molecule has 0 fully saturated rings. The predicted molar refractivity (Wildman–Crippen MR) is 68.1 cm³/mol. The third-order valence-electron chi connectivity index (χ3n) is 2.92. The summed E-state index contributed by atoms with van der Waals surface area (Å²) in [6, 6.07) is 1.90. The van der Waals surface area contributed by atoms with E-state index in [1.165, 1.54) is 0 Å². The molecule has 0 atom stereocenters. The number of hydrogen-bond donors (Lipinski definition) is 1. The summed E-state index contributed by atoms with van der Waals surface area (Å²) < 4.78 is 5.30. The number of hydrogen-bond acceptors (Lipinski definition) is 4. The van der Waals surface area contributed by atoms with Gasteiger partial charge in [-0.25, -0.2) is 9.97 Å². The van der Waals surface area contributed by atoms with Gasteiger partial charge in [-0.05, 0) is 26.3 Å². The van der Waals surface area contributed by atoms with Crippen LogP contribution in [0.3, 0.4) is 0 Å². The SMILES string of the molecule is CCc1nc(-c2ccoc2C)nc(NC)c1C. The number of nitrogens with one attached hydrogen (secondary N) is 1. The second-order valence-electron chi connectivity index (χ2n) is 3.96. The number of anilines is 1. The fraction of sp³-hybridized carbons (Fsp3) is 0.385. The lowest BCUT2D eigenvalue weighted by atomic mass is 10.1. The van der Waals surface area contributed by atoms with Gasteiger partial charge in [0, 0.05) is 18.3 Å². The fourth-order valence-corrected chi connectivity index (χ4v) is 1.89. The first-order valence-corrected chi connectivity index (χ1v) is 5.77. The maximum atomic E-state index is 5.30. The maximum Gasteiger partial charge on any atom is 0.165 e. The summed E-state index contributed by atoms with van der Waals surface area (Å²) in [7, 11) is 1.88. The summed E-state index contributed by atoms with van der Waals surface area (Å²) in [5.41, 5.74) is 3.14. The van der Waals surface area contributed by atoms with Gasteiger partial charge in [-0.2, -0.15) is 0 Å². The topological polar surface area (TPSA) is 51.0 Å². The Labute approximate surface area is 101 Å². The summed E-state index contributed by atoms with van der Waals surface area (Å²) in [5.74, 6) is 2.45. The Morgan fingerprint density at radius 1 is 1.29 bits per heavy atom. The van der Waals surface area contributed by atoms with Gasteiger partial charge in [-0.15, -0.1) is 0 Å². The largest absolute Gasteiger partial charge is 0.469 e. The molecule has 2 rings (SSSR count). The van der Waals surface area contributed by atoms with Gasteiger partial charge in [0.25, 0.3) is 0 Å². The highest BCUT2D eigenvalue weighted by atomic mass is 16.3. The van der Waals surface area contributed by atoms with Gasteiger partial charge < -0.3 is 9.73 Å². The van der Waals surface area contributed by atoms with Crippen molar-refractivity contribution < 1.29 is 4.42 Å². The molecule has 4 nitrogen and oxygen atoms in total. The van der Waals surface area contributed by atoms with E-state index in [1.54, 1.807) is 6.26 Å². The summed E-state index contributed by atoms with van der Waals surface area (Å²) in [5, 5.41) is 3.11. The zero-order valence-corrected chi connectivity index (χ0v) is 10.7. The van der Waals surface area contributed by atoms with Crippen molar-refractivity contribution in [2.24, 2.45) is 0 Å². The van der Waals surface area contributed by atoms with Crippen LogP contribution in [-0.4, -0.2) is 17.0 Å². The summed E-state index contributed by atoms with van der Waals surface area (Å²) >= 11 is 0. The standard InChI is InChI=1S/C13H17N3O/c1-5-11-8(2)12(14-4)16-13(15-11)10-6-7-17-9(10)3/h6-7H,5H2,1-4H3,(H,14,15,16). The first-order chi connectivity index (χ1) is 8.17. The molecule has 0 aliphatic heterocycles. The Balaban J connectivity index is 2.60. The minimum absolute atomic E-state index is 0.725. The molecule has 0 aliphatic carbocycles. The van der Waals surface area contributed by atoms with Crippen molar-refractivity contribution in [1.29, 1.82) is 0 Å². The van der Waals surface area contributed by atoms with E-state index in [0.29, 0.717) is 0 Å². The molecule has 17 heavy (non-hydrogen) atoms. The van der Waals surface area contributed by atoms with E-state index in [-0.39, 0.29) is 0 Å². The van der Waals surface area contributed by atoms with E-state index in [0.717, 1.165) is 40.6 Å². The lowest BCUT2D eigenvalue weighted by molar-refractivity contribution is 0.535. The summed E-state index contributed by atoms with van der Waals surface area (Å²) in [6.07, 6.45) is 2.56. The van der Waals surface area contributed by atoms with E-state index in [4.69, 9.17) is 4.42 Å². The number of aromatic nitrogens is 2. The molecule has 1 N–H and O–H groups in total. The number of furan rings is 1. The molecule has 0 bridgehead atoms. The highest BCUT2D eigenvalue weighted by Gasteiger charge is 2.13. The minimum Gasteiger partial charge on any atom is -0.469 e. The number of rotatable bonds is 3. The highest BCUT2D eigenvalue weighted by molar-refractivity contribution is 5.61. The molecule has 90 valence electrons. The van der Waals surface area contributed by atoms with Crippen LogP contribution in [-0.2, 0) is 6.42 Å². The van der Waals surface area contributed by atoms with Crippen LogP contribution >= 0.6 is 0 Å². The van der Waals surface area contributed by atoms with Crippen molar-refractivity contribution in [2.75, 3.05) is 12.4 Å². The zero-order valence-electron chi connectivity index (χ0n) is 10.7. The zero-order chi connectivity index (χ0) is 12.4. The van der Waals surface area contributed by atoms with Crippen LogP contribution in [0.2, 0.25) is 0 Å². The van der Waals surface area contributed by atoms with Crippen LogP contribution in [0.5, 0.6) is 0 Å². The molecular formula is C13H17N3O. The van der Waals surface area contributed by atoms with Gasteiger partial charge in [0.1, 0.15) is 11.6 Å². The van der Waals surface area contributed by atoms with Crippen LogP contribution in [0.4, 0.5) is 5.82 Å². The van der Waals surface area contributed by atoms with Crippen molar-refractivity contribution in [3.05, 3.63) is 29.3 Å². The second kappa shape index (κ2) is 4.57. The van der Waals surface area contributed by atoms with Gasteiger partial charge in [0.05, 0.1) is 11.8 Å². The van der Waals surface area contributed by atoms with Crippen molar-refractivity contribution in [3.8, 4) is 11.4 Å².